The number of nitrogens with zero attached hydrogens (tertiary/aromatic N) is 3. The van der Waals surface area contributed by atoms with Crippen LogP contribution in [0.5, 0.6) is 11.5 Å². The van der Waals surface area contributed by atoms with Gasteiger partial charge in [0.2, 0.25) is 5.95 Å². The van der Waals surface area contributed by atoms with Crippen LogP contribution in [0.4, 0.5) is 16.2 Å². The molecule has 1 N–H and O–H groups in total. The molecule has 0 spiro atoms. The fraction of sp³-hybridized carbons (Fsp3) is 0.273. The average Bonchev–Trinajstić information content (AvgIpc) is 2.77. The lowest BCUT2D eigenvalue weighted by molar-refractivity contribution is 0.353. The third-order valence-electron chi connectivity index (χ3n) is 5.08. The fourth-order valence-corrected chi connectivity index (χ4v) is 3.51. The van der Waals surface area contributed by atoms with E-state index in [1.807, 2.05) is 24.3 Å². The first-order valence-electron chi connectivity index (χ1n) is 9.47. The number of rotatable bonds is 6. The van der Waals surface area contributed by atoms with Gasteiger partial charge < -0.3 is 19.7 Å². The number of anilines is 2. The van der Waals surface area contributed by atoms with E-state index in [1.54, 1.807) is 32.5 Å². The number of fused-ring (bicyclic) bond motifs is 1. The van der Waals surface area contributed by atoms with Gasteiger partial charge in [-0.3, -0.25) is 0 Å². The van der Waals surface area contributed by atoms with Gasteiger partial charge in [0, 0.05) is 31.4 Å². The molecule has 7 heteroatoms. The molecule has 0 saturated heterocycles. The van der Waals surface area contributed by atoms with Crippen LogP contribution in [0.15, 0.2) is 48.7 Å². The Morgan fingerprint density at radius 2 is 1.83 bits per heavy atom. The summed E-state index contributed by atoms with van der Waals surface area (Å²) in [5.74, 6) is 2.54. The van der Waals surface area contributed by atoms with Crippen LogP contribution in [0, 0.1) is 5.82 Å². The number of hydrogen-bond donors (Lipinski definition) is 1. The summed E-state index contributed by atoms with van der Waals surface area (Å²) in [6, 6.07) is 12.6. The Hall–Kier alpha value is -3.35. The minimum Gasteiger partial charge on any atom is -0.493 e. The maximum absolute atomic E-state index is 13.8. The standard InChI is InChI=1S/C22H23FN4O2/c1-28-19-11-15-8-10-27(14-17(15)12-20(19)29-2)21-7-9-24-22(26-21)25-13-16-5-3-4-6-18(16)23/h3-7,9,11-12H,8,10,13-14H2,1-2H3,(H,24,25,26). The van der Waals surface area contributed by atoms with E-state index >= 15 is 0 Å². The second-order valence-electron chi connectivity index (χ2n) is 6.83. The van der Waals surface area contributed by atoms with Crippen LogP contribution in [0.2, 0.25) is 0 Å². The lowest BCUT2D eigenvalue weighted by atomic mass is 9.99. The van der Waals surface area contributed by atoms with Crippen molar-refractivity contribution >= 4 is 11.8 Å². The Morgan fingerprint density at radius 1 is 1.07 bits per heavy atom. The second kappa shape index (κ2) is 8.34. The number of methoxy groups -OCH3 is 2. The second-order valence-corrected chi connectivity index (χ2v) is 6.83. The number of halogens is 1. The number of ether oxygens (including phenoxy) is 2. The van der Waals surface area contributed by atoms with Crippen molar-refractivity contribution in [2.24, 2.45) is 0 Å². The molecule has 0 unspecified atom stereocenters. The van der Waals surface area contributed by atoms with Crippen LogP contribution < -0.4 is 19.7 Å². The average molecular weight is 394 g/mol. The molecule has 0 amide bonds. The molecular weight excluding hydrogens is 371 g/mol. The van der Waals surface area contributed by atoms with Crippen LogP contribution in [-0.2, 0) is 19.5 Å². The topological polar surface area (TPSA) is 59.5 Å². The number of nitrogens with one attached hydrogen (secondary N) is 1. The summed E-state index contributed by atoms with van der Waals surface area (Å²) in [6.45, 7) is 1.89. The minimum absolute atomic E-state index is 0.242. The smallest absolute Gasteiger partial charge is 0.224 e. The SMILES string of the molecule is COc1cc2c(cc1OC)CN(c1ccnc(NCc3ccccc3F)n1)CC2. The van der Waals surface area contributed by atoms with Gasteiger partial charge in [0.1, 0.15) is 11.6 Å². The molecule has 6 nitrogen and oxygen atoms in total. The van der Waals surface area contributed by atoms with E-state index in [1.165, 1.54) is 17.2 Å². The van der Waals surface area contributed by atoms with Gasteiger partial charge in [0.15, 0.2) is 11.5 Å². The summed E-state index contributed by atoms with van der Waals surface area (Å²) in [5.41, 5.74) is 3.02. The highest BCUT2D eigenvalue weighted by Gasteiger charge is 2.20. The first-order valence-corrected chi connectivity index (χ1v) is 9.47. The predicted octanol–water partition coefficient (Wildman–Crippen LogP) is 3.81. The maximum atomic E-state index is 13.8. The molecule has 0 fully saturated rings. The molecule has 2 heterocycles. The summed E-state index contributed by atoms with van der Waals surface area (Å²) in [5, 5.41) is 3.11. The van der Waals surface area contributed by atoms with E-state index in [2.05, 4.69) is 20.2 Å². The summed E-state index contributed by atoms with van der Waals surface area (Å²) in [6.07, 6.45) is 2.60. The zero-order valence-electron chi connectivity index (χ0n) is 16.5. The number of aromatic nitrogens is 2. The van der Waals surface area contributed by atoms with Gasteiger partial charge in [-0.25, -0.2) is 9.37 Å². The Bertz CT molecular complexity index is 1010. The van der Waals surface area contributed by atoms with Gasteiger partial charge in [-0.05, 0) is 41.8 Å². The molecule has 0 atom stereocenters. The molecule has 150 valence electrons. The highest BCUT2D eigenvalue weighted by atomic mass is 19.1. The van der Waals surface area contributed by atoms with Crippen LogP contribution >= 0.6 is 0 Å². The molecule has 4 rings (SSSR count). The zero-order valence-corrected chi connectivity index (χ0v) is 16.5. The van der Waals surface area contributed by atoms with Gasteiger partial charge >= 0.3 is 0 Å². The van der Waals surface area contributed by atoms with E-state index in [4.69, 9.17) is 9.47 Å². The lowest BCUT2D eigenvalue weighted by Crippen LogP contribution is -2.31. The predicted molar refractivity (Wildman–Crippen MR) is 110 cm³/mol. The summed E-state index contributed by atoms with van der Waals surface area (Å²) in [7, 11) is 3.29. The highest BCUT2D eigenvalue weighted by Crippen LogP contribution is 2.34. The molecule has 1 aliphatic heterocycles. The quantitative estimate of drug-likeness (QED) is 0.686. The van der Waals surface area contributed by atoms with Crippen molar-refractivity contribution in [1.82, 2.24) is 9.97 Å². The van der Waals surface area contributed by atoms with Gasteiger partial charge in [-0.2, -0.15) is 4.98 Å². The van der Waals surface area contributed by atoms with E-state index in [0.717, 1.165) is 36.8 Å². The van der Waals surface area contributed by atoms with Gasteiger partial charge in [0.25, 0.3) is 0 Å². The zero-order chi connectivity index (χ0) is 20.2. The highest BCUT2D eigenvalue weighted by molar-refractivity contribution is 5.52. The molecule has 0 radical (unpaired) electrons. The first kappa shape index (κ1) is 19.0. The lowest BCUT2D eigenvalue weighted by Gasteiger charge is -2.30. The summed E-state index contributed by atoms with van der Waals surface area (Å²) >= 11 is 0. The van der Waals surface area contributed by atoms with Crippen molar-refractivity contribution in [2.75, 3.05) is 31.0 Å². The van der Waals surface area contributed by atoms with Crippen molar-refractivity contribution in [3.63, 3.8) is 0 Å². The number of benzene rings is 2. The van der Waals surface area contributed by atoms with Crippen LogP contribution in [-0.4, -0.2) is 30.7 Å². The molecule has 0 aliphatic carbocycles. The Morgan fingerprint density at radius 3 is 2.59 bits per heavy atom. The molecule has 0 saturated carbocycles. The molecule has 0 bridgehead atoms. The third kappa shape index (κ3) is 4.08. The van der Waals surface area contributed by atoms with Gasteiger partial charge in [-0.1, -0.05) is 18.2 Å². The van der Waals surface area contributed by atoms with Crippen LogP contribution in [0.25, 0.3) is 0 Å². The van der Waals surface area contributed by atoms with Crippen LogP contribution in [0.3, 0.4) is 0 Å². The van der Waals surface area contributed by atoms with E-state index in [9.17, 15) is 4.39 Å². The monoisotopic (exact) mass is 394 g/mol. The van der Waals surface area contributed by atoms with E-state index in [-0.39, 0.29) is 5.82 Å². The van der Waals surface area contributed by atoms with Crippen molar-refractivity contribution in [3.05, 3.63) is 71.2 Å². The Kier molecular flexibility index (Phi) is 5.46. The molecular formula is C22H23FN4O2. The Balaban J connectivity index is 1.50. The van der Waals surface area contributed by atoms with Crippen molar-refractivity contribution in [2.45, 2.75) is 19.5 Å². The van der Waals surface area contributed by atoms with Crippen molar-refractivity contribution in [1.29, 1.82) is 0 Å². The first-order chi connectivity index (χ1) is 14.2. The Labute approximate surface area is 169 Å². The molecule has 1 aliphatic rings. The van der Waals surface area contributed by atoms with Crippen molar-refractivity contribution < 1.29 is 13.9 Å². The van der Waals surface area contributed by atoms with Gasteiger partial charge in [-0.15, -0.1) is 0 Å². The molecule has 2 aromatic carbocycles. The molecule has 1 aromatic heterocycles. The normalized spacial score (nSPS) is 13.0. The van der Waals surface area contributed by atoms with Crippen molar-refractivity contribution in [3.8, 4) is 11.5 Å². The fourth-order valence-electron chi connectivity index (χ4n) is 3.51. The van der Waals surface area contributed by atoms with Crippen LogP contribution in [0.1, 0.15) is 16.7 Å². The largest absolute Gasteiger partial charge is 0.493 e. The summed E-state index contributed by atoms with van der Waals surface area (Å²) in [4.78, 5) is 11.1. The minimum atomic E-state index is -0.242. The van der Waals surface area contributed by atoms with E-state index in [0.29, 0.717) is 18.1 Å². The summed E-state index contributed by atoms with van der Waals surface area (Å²) < 4.78 is 24.7. The number of hydrogen-bond acceptors (Lipinski definition) is 6. The molecule has 3 aromatic rings. The van der Waals surface area contributed by atoms with Gasteiger partial charge in [0.05, 0.1) is 14.2 Å². The van der Waals surface area contributed by atoms with E-state index < -0.39 is 0 Å². The third-order valence-corrected chi connectivity index (χ3v) is 5.08. The molecule has 29 heavy (non-hydrogen) atoms. The maximum Gasteiger partial charge on any atom is 0.224 e.